The van der Waals surface area contributed by atoms with Crippen molar-refractivity contribution < 1.29 is 0 Å². The van der Waals surface area contributed by atoms with Crippen molar-refractivity contribution in [2.75, 3.05) is 19.6 Å². The Morgan fingerprint density at radius 1 is 1.80 bits per heavy atom. The summed E-state index contributed by atoms with van der Waals surface area (Å²) in [5, 5.41) is 3.81. The zero-order valence-electron chi connectivity index (χ0n) is 6.05. The van der Waals surface area contributed by atoms with Gasteiger partial charge in [-0.3, -0.25) is 0 Å². The molecule has 1 heterocycles. The lowest BCUT2D eigenvalue weighted by Crippen LogP contribution is -2.50. The maximum absolute atomic E-state index is 4.41. The SMILES string of the molecule is CC(S)[C@@H]1CNCCN1I. The normalized spacial score (nSPS) is 32.1. The molecule has 0 aromatic rings. The smallest absolute Gasteiger partial charge is 0.0433 e. The first kappa shape index (κ1) is 9.09. The van der Waals surface area contributed by atoms with E-state index >= 15 is 0 Å². The third-order valence-electron chi connectivity index (χ3n) is 1.77. The van der Waals surface area contributed by atoms with E-state index in [9.17, 15) is 0 Å². The van der Waals surface area contributed by atoms with Gasteiger partial charge < -0.3 is 5.32 Å². The summed E-state index contributed by atoms with van der Waals surface area (Å²) in [4.78, 5) is 0. The molecule has 0 saturated carbocycles. The highest BCUT2D eigenvalue weighted by Gasteiger charge is 2.22. The highest BCUT2D eigenvalue weighted by atomic mass is 127. The van der Waals surface area contributed by atoms with Crippen LogP contribution in [0.4, 0.5) is 0 Å². The molecule has 1 aliphatic heterocycles. The van der Waals surface area contributed by atoms with Crippen molar-refractivity contribution in [2.45, 2.75) is 18.2 Å². The van der Waals surface area contributed by atoms with Gasteiger partial charge in [0.15, 0.2) is 0 Å². The van der Waals surface area contributed by atoms with Gasteiger partial charge in [-0.05, 0) is 0 Å². The predicted octanol–water partition coefficient (Wildman–Crippen LogP) is 0.929. The second kappa shape index (κ2) is 4.13. The van der Waals surface area contributed by atoms with Crippen molar-refractivity contribution in [3.63, 3.8) is 0 Å². The molecule has 1 N–H and O–H groups in total. The van der Waals surface area contributed by atoms with Gasteiger partial charge >= 0.3 is 0 Å². The van der Waals surface area contributed by atoms with Gasteiger partial charge in [-0.25, -0.2) is 3.11 Å². The van der Waals surface area contributed by atoms with E-state index in [0.29, 0.717) is 11.3 Å². The summed E-state index contributed by atoms with van der Waals surface area (Å²) in [6.45, 7) is 5.47. The lowest BCUT2D eigenvalue weighted by Gasteiger charge is -2.33. The Kier molecular flexibility index (Phi) is 3.76. The zero-order chi connectivity index (χ0) is 7.56. The second-order valence-corrected chi connectivity index (χ2v) is 4.69. The van der Waals surface area contributed by atoms with Gasteiger partial charge in [0.2, 0.25) is 0 Å². The Morgan fingerprint density at radius 2 is 2.50 bits per heavy atom. The molecule has 0 aromatic heterocycles. The van der Waals surface area contributed by atoms with E-state index in [4.69, 9.17) is 0 Å². The summed E-state index contributed by atoms with van der Waals surface area (Å²) in [5.41, 5.74) is 0. The second-order valence-electron chi connectivity index (χ2n) is 2.64. The molecule has 60 valence electrons. The molecular weight excluding hydrogens is 259 g/mol. The maximum Gasteiger partial charge on any atom is 0.0433 e. The van der Waals surface area contributed by atoms with Gasteiger partial charge in [-0.15, -0.1) is 0 Å². The fourth-order valence-corrected chi connectivity index (χ4v) is 2.55. The number of hydrogen-bond acceptors (Lipinski definition) is 3. The van der Waals surface area contributed by atoms with Crippen LogP contribution >= 0.6 is 35.5 Å². The van der Waals surface area contributed by atoms with Crippen LogP contribution < -0.4 is 5.32 Å². The van der Waals surface area contributed by atoms with Crippen LogP contribution in [0.3, 0.4) is 0 Å². The number of nitrogens with zero attached hydrogens (tertiary/aromatic N) is 1. The van der Waals surface area contributed by atoms with Crippen molar-refractivity contribution >= 4 is 35.5 Å². The standard InChI is InChI=1S/C6H13IN2S/c1-5(10)6-4-8-2-3-9(6)7/h5-6,8,10H,2-4H2,1H3/t5?,6-/m0/s1. The molecule has 1 unspecified atom stereocenters. The summed E-state index contributed by atoms with van der Waals surface area (Å²) in [7, 11) is 0. The average molecular weight is 272 g/mol. The first-order chi connectivity index (χ1) is 4.72. The van der Waals surface area contributed by atoms with Crippen LogP contribution in [0.25, 0.3) is 0 Å². The third-order valence-corrected chi connectivity index (χ3v) is 3.31. The Balaban J connectivity index is 2.40. The van der Waals surface area contributed by atoms with Crippen LogP contribution in [0.2, 0.25) is 0 Å². The highest BCUT2D eigenvalue weighted by Crippen LogP contribution is 2.15. The van der Waals surface area contributed by atoms with Gasteiger partial charge in [0.25, 0.3) is 0 Å². The molecule has 0 aromatic carbocycles. The van der Waals surface area contributed by atoms with Crippen LogP contribution in [-0.4, -0.2) is 34.0 Å². The van der Waals surface area contributed by atoms with Gasteiger partial charge in [-0.1, -0.05) is 6.92 Å². The van der Waals surface area contributed by atoms with Crippen LogP contribution in [0.5, 0.6) is 0 Å². The summed E-state index contributed by atoms with van der Waals surface area (Å²) in [6.07, 6.45) is 0. The molecule has 10 heavy (non-hydrogen) atoms. The Bertz CT molecular complexity index is 110. The number of thiol groups is 1. The minimum absolute atomic E-state index is 0.463. The quantitative estimate of drug-likeness (QED) is 0.419. The lowest BCUT2D eigenvalue weighted by molar-refractivity contribution is 0.314. The van der Waals surface area contributed by atoms with Gasteiger partial charge in [0.1, 0.15) is 0 Å². The fourth-order valence-electron chi connectivity index (χ4n) is 1.11. The average Bonchev–Trinajstić information content (AvgIpc) is 1.88. The number of piperazine rings is 1. The van der Waals surface area contributed by atoms with Gasteiger partial charge in [0.05, 0.1) is 0 Å². The van der Waals surface area contributed by atoms with E-state index in [2.05, 4.69) is 50.8 Å². The van der Waals surface area contributed by atoms with Crippen LogP contribution in [0.15, 0.2) is 0 Å². The number of halogens is 1. The molecule has 0 amide bonds. The van der Waals surface area contributed by atoms with E-state index in [-0.39, 0.29) is 0 Å². The topological polar surface area (TPSA) is 15.3 Å². The molecule has 0 spiro atoms. The largest absolute Gasteiger partial charge is 0.314 e. The fraction of sp³-hybridized carbons (Fsp3) is 1.00. The van der Waals surface area contributed by atoms with Gasteiger partial charge in [0, 0.05) is 53.8 Å². The summed E-state index contributed by atoms with van der Waals surface area (Å²) < 4.78 is 2.34. The third kappa shape index (κ3) is 2.25. The lowest BCUT2D eigenvalue weighted by atomic mass is 10.2. The van der Waals surface area contributed by atoms with E-state index in [1.54, 1.807) is 0 Å². The molecule has 1 rings (SSSR count). The Labute approximate surface area is 81.6 Å². The minimum atomic E-state index is 0.463. The molecule has 1 saturated heterocycles. The van der Waals surface area contributed by atoms with Crippen molar-refractivity contribution in [3.8, 4) is 0 Å². The zero-order valence-corrected chi connectivity index (χ0v) is 9.10. The molecule has 2 atom stereocenters. The maximum atomic E-state index is 4.41. The summed E-state index contributed by atoms with van der Waals surface area (Å²) in [5.74, 6) is 0. The van der Waals surface area contributed by atoms with Crippen molar-refractivity contribution in [1.82, 2.24) is 8.43 Å². The molecular formula is C6H13IN2S. The van der Waals surface area contributed by atoms with E-state index < -0.39 is 0 Å². The van der Waals surface area contributed by atoms with Crippen molar-refractivity contribution in [2.24, 2.45) is 0 Å². The van der Waals surface area contributed by atoms with E-state index in [1.807, 2.05) is 0 Å². The van der Waals surface area contributed by atoms with E-state index in [1.165, 1.54) is 0 Å². The molecule has 1 aliphatic rings. The summed E-state index contributed by atoms with van der Waals surface area (Å²) in [6, 6.07) is 0.595. The molecule has 2 nitrogen and oxygen atoms in total. The van der Waals surface area contributed by atoms with Crippen molar-refractivity contribution in [1.29, 1.82) is 0 Å². The minimum Gasteiger partial charge on any atom is -0.314 e. The first-order valence-corrected chi connectivity index (χ1v) is 5.01. The van der Waals surface area contributed by atoms with Gasteiger partial charge in [-0.2, -0.15) is 12.6 Å². The molecule has 4 heteroatoms. The number of hydrogen-bond donors (Lipinski definition) is 2. The van der Waals surface area contributed by atoms with Crippen LogP contribution in [-0.2, 0) is 0 Å². The van der Waals surface area contributed by atoms with Crippen LogP contribution in [0, 0.1) is 0 Å². The molecule has 0 radical (unpaired) electrons. The van der Waals surface area contributed by atoms with Crippen molar-refractivity contribution in [3.05, 3.63) is 0 Å². The highest BCUT2D eigenvalue weighted by molar-refractivity contribution is 14.1. The van der Waals surface area contributed by atoms with Crippen LogP contribution in [0.1, 0.15) is 6.92 Å². The molecule has 0 bridgehead atoms. The molecule has 0 aliphatic carbocycles. The first-order valence-electron chi connectivity index (χ1n) is 3.53. The number of rotatable bonds is 1. The Morgan fingerprint density at radius 3 is 2.90 bits per heavy atom. The predicted molar refractivity (Wildman–Crippen MR) is 55.8 cm³/mol. The number of nitrogens with one attached hydrogen (secondary N) is 1. The molecule has 1 fully saturated rings. The van der Waals surface area contributed by atoms with E-state index in [0.717, 1.165) is 19.6 Å². The Hall–Kier alpha value is 1.00. The summed E-state index contributed by atoms with van der Waals surface area (Å²) >= 11 is 6.79. The monoisotopic (exact) mass is 272 g/mol.